The van der Waals surface area contributed by atoms with Gasteiger partial charge in [0.25, 0.3) is 0 Å². The van der Waals surface area contributed by atoms with Gasteiger partial charge in [-0.15, -0.1) is 0 Å². The Kier molecular flexibility index (Phi) is 6.02. The van der Waals surface area contributed by atoms with Crippen molar-refractivity contribution in [2.45, 2.75) is 47.1 Å². The fourth-order valence-corrected chi connectivity index (χ4v) is 2.32. The molecular weight excluding hydrogens is 234 g/mol. The minimum absolute atomic E-state index is 0.267. The van der Waals surface area contributed by atoms with Crippen molar-refractivity contribution in [2.75, 3.05) is 20.3 Å². The number of hydrogen-bond acceptors (Lipinski definition) is 2. The second-order valence-corrected chi connectivity index (χ2v) is 6.37. The van der Waals surface area contributed by atoms with Gasteiger partial charge < -0.3 is 10.1 Å². The van der Waals surface area contributed by atoms with Gasteiger partial charge in [0, 0.05) is 26.3 Å². The summed E-state index contributed by atoms with van der Waals surface area (Å²) in [5.74, 6) is 0. The molecule has 0 aliphatic carbocycles. The minimum atomic E-state index is 0.267. The first-order chi connectivity index (χ1) is 8.85. The number of benzene rings is 1. The summed E-state index contributed by atoms with van der Waals surface area (Å²) < 4.78 is 5.17. The monoisotopic (exact) mass is 263 g/mol. The lowest BCUT2D eigenvalue weighted by Crippen LogP contribution is -2.32. The maximum atomic E-state index is 5.17. The van der Waals surface area contributed by atoms with Crippen LogP contribution in [0.3, 0.4) is 0 Å². The van der Waals surface area contributed by atoms with E-state index in [0.29, 0.717) is 6.04 Å². The first-order valence-corrected chi connectivity index (χ1v) is 7.15. The lowest BCUT2D eigenvalue weighted by atomic mass is 9.89. The number of methoxy groups -OCH3 is 1. The number of aryl methyl sites for hydroxylation is 2. The zero-order chi connectivity index (χ0) is 14.5. The summed E-state index contributed by atoms with van der Waals surface area (Å²) in [5, 5.41) is 3.65. The maximum absolute atomic E-state index is 5.17. The molecule has 0 aromatic heterocycles. The van der Waals surface area contributed by atoms with Crippen molar-refractivity contribution in [1.29, 1.82) is 0 Å². The molecule has 0 saturated carbocycles. The van der Waals surface area contributed by atoms with Crippen LogP contribution in [-0.2, 0) is 4.74 Å². The Morgan fingerprint density at radius 2 is 1.95 bits per heavy atom. The molecule has 1 unspecified atom stereocenters. The summed E-state index contributed by atoms with van der Waals surface area (Å²) in [6.07, 6.45) is 1.08. The summed E-state index contributed by atoms with van der Waals surface area (Å²) in [4.78, 5) is 0. The third kappa shape index (κ3) is 5.33. The molecule has 0 bridgehead atoms. The SMILES string of the molecule is COCCC(C)(C)CNC(C)c1ccc(C)cc1C. The molecule has 0 aliphatic heterocycles. The Bertz CT molecular complexity index is 398. The number of rotatable bonds is 7. The van der Waals surface area contributed by atoms with E-state index in [1.54, 1.807) is 7.11 Å². The molecular formula is C17H29NO. The van der Waals surface area contributed by atoms with Gasteiger partial charge in [-0.3, -0.25) is 0 Å². The molecule has 1 aromatic carbocycles. The van der Waals surface area contributed by atoms with Crippen molar-refractivity contribution in [1.82, 2.24) is 5.32 Å². The van der Waals surface area contributed by atoms with E-state index < -0.39 is 0 Å². The summed E-state index contributed by atoms with van der Waals surface area (Å²) in [5.41, 5.74) is 4.36. The molecule has 19 heavy (non-hydrogen) atoms. The lowest BCUT2D eigenvalue weighted by molar-refractivity contribution is 0.149. The largest absolute Gasteiger partial charge is 0.385 e. The van der Waals surface area contributed by atoms with Gasteiger partial charge in [-0.1, -0.05) is 37.6 Å². The van der Waals surface area contributed by atoms with Crippen molar-refractivity contribution in [3.63, 3.8) is 0 Å². The van der Waals surface area contributed by atoms with Crippen molar-refractivity contribution in [2.24, 2.45) is 5.41 Å². The third-order valence-electron chi connectivity index (χ3n) is 3.76. The average Bonchev–Trinajstić information content (AvgIpc) is 2.34. The molecule has 0 saturated heterocycles. The van der Waals surface area contributed by atoms with Gasteiger partial charge in [0.1, 0.15) is 0 Å². The molecule has 0 spiro atoms. The fraction of sp³-hybridized carbons (Fsp3) is 0.647. The number of ether oxygens (including phenoxy) is 1. The first kappa shape index (κ1) is 16.2. The fourth-order valence-electron chi connectivity index (χ4n) is 2.32. The van der Waals surface area contributed by atoms with Crippen LogP contribution >= 0.6 is 0 Å². The van der Waals surface area contributed by atoms with Crippen LogP contribution in [0.25, 0.3) is 0 Å². The van der Waals surface area contributed by atoms with Crippen LogP contribution in [-0.4, -0.2) is 20.3 Å². The predicted molar refractivity (Wildman–Crippen MR) is 82.6 cm³/mol. The normalized spacial score (nSPS) is 13.6. The highest BCUT2D eigenvalue weighted by atomic mass is 16.5. The summed E-state index contributed by atoms with van der Waals surface area (Å²) in [6, 6.07) is 7.08. The predicted octanol–water partition coefficient (Wildman–Crippen LogP) is 4.02. The second kappa shape index (κ2) is 7.06. The molecule has 0 amide bonds. The molecule has 2 nitrogen and oxygen atoms in total. The Labute approximate surface area is 118 Å². The first-order valence-electron chi connectivity index (χ1n) is 7.15. The van der Waals surface area contributed by atoms with Crippen LogP contribution in [0.2, 0.25) is 0 Å². The van der Waals surface area contributed by atoms with E-state index in [1.165, 1.54) is 16.7 Å². The molecule has 0 fully saturated rings. The number of hydrogen-bond donors (Lipinski definition) is 1. The van der Waals surface area contributed by atoms with Crippen LogP contribution in [0.15, 0.2) is 18.2 Å². The standard InChI is InChI=1S/C17H29NO/c1-13-7-8-16(14(2)11-13)15(3)18-12-17(4,5)9-10-19-6/h7-8,11,15,18H,9-10,12H2,1-6H3. The Morgan fingerprint density at radius 3 is 2.53 bits per heavy atom. The zero-order valence-electron chi connectivity index (χ0n) is 13.3. The van der Waals surface area contributed by atoms with Crippen LogP contribution in [0, 0.1) is 19.3 Å². The van der Waals surface area contributed by atoms with Gasteiger partial charge in [-0.25, -0.2) is 0 Å². The number of nitrogens with one attached hydrogen (secondary N) is 1. The Balaban J connectivity index is 2.57. The van der Waals surface area contributed by atoms with E-state index in [2.05, 4.69) is 58.1 Å². The maximum Gasteiger partial charge on any atom is 0.0467 e. The molecule has 1 aromatic rings. The van der Waals surface area contributed by atoms with Crippen LogP contribution in [0.4, 0.5) is 0 Å². The summed E-state index contributed by atoms with van der Waals surface area (Å²) in [7, 11) is 1.77. The van der Waals surface area contributed by atoms with Crippen molar-refractivity contribution < 1.29 is 4.74 Å². The summed E-state index contributed by atoms with van der Waals surface area (Å²) in [6.45, 7) is 13.0. The third-order valence-corrected chi connectivity index (χ3v) is 3.76. The highest BCUT2D eigenvalue weighted by Gasteiger charge is 2.19. The van der Waals surface area contributed by atoms with Crippen molar-refractivity contribution in [3.8, 4) is 0 Å². The molecule has 1 atom stereocenters. The zero-order valence-corrected chi connectivity index (χ0v) is 13.3. The van der Waals surface area contributed by atoms with Crippen LogP contribution in [0.1, 0.15) is 49.9 Å². The topological polar surface area (TPSA) is 21.3 Å². The lowest BCUT2D eigenvalue weighted by Gasteiger charge is -2.27. The van der Waals surface area contributed by atoms with Crippen molar-refractivity contribution in [3.05, 3.63) is 34.9 Å². The highest BCUT2D eigenvalue weighted by Crippen LogP contribution is 2.23. The molecule has 0 heterocycles. The van der Waals surface area contributed by atoms with E-state index in [1.807, 2.05) is 0 Å². The van der Waals surface area contributed by atoms with E-state index in [0.717, 1.165) is 19.6 Å². The smallest absolute Gasteiger partial charge is 0.0467 e. The van der Waals surface area contributed by atoms with E-state index in [4.69, 9.17) is 4.74 Å². The van der Waals surface area contributed by atoms with Gasteiger partial charge in [0.15, 0.2) is 0 Å². The van der Waals surface area contributed by atoms with Crippen molar-refractivity contribution >= 4 is 0 Å². The molecule has 0 aliphatic rings. The highest BCUT2D eigenvalue weighted by molar-refractivity contribution is 5.32. The Morgan fingerprint density at radius 1 is 1.26 bits per heavy atom. The average molecular weight is 263 g/mol. The second-order valence-electron chi connectivity index (χ2n) is 6.37. The Hall–Kier alpha value is -0.860. The molecule has 108 valence electrons. The molecule has 1 N–H and O–H groups in total. The van der Waals surface area contributed by atoms with Crippen LogP contribution < -0.4 is 5.32 Å². The molecule has 1 rings (SSSR count). The van der Waals surface area contributed by atoms with E-state index >= 15 is 0 Å². The molecule has 2 heteroatoms. The van der Waals surface area contributed by atoms with Crippen LogP contribution in [0.5, 0.6) is 0 Å². The van der Waals surface area contributed by atoms with Gasteiger partial charge in [0.05, 0.1) is 0 Å². The summed E-state index contributed by atoms with van der Waals surface area (Å²) >= 11 is 0. The van der Waals surface area contributed by atoms with E-state index in [9.17, 15) is 0 Å². The molecule has 0 radical (unpaired) electrons. The van der Waals surface area contributed by atoms with Gasteiger partial charge >= 0.3 is 0 Å². The van der Waals surface area contributed by atoms with E-state index in [-0.39, 0.29) is 5.41 Å². The van der Waals surface area contributed by atoms with Gasteiger partial charge in [-0.2, -0.15) is 0 Å². The minimum Gasteiger partial charge on any atom is -0.385 e. The van der Waals surface area contributed by atoms with Gasteiger partial charge in [0.2, 0.25) is 0 Å². The quantitative estimate of drug-likeness (QED) is 0.802. The van der Waals surface area contributed by atoms with Gasteiger partial charge in [-0.05, 0) is 43.7 Å².